The van der Waals surface area contributed by atoms with Gasteiger partial charge in [-0.1, -0.05) is 26.7 Å². The number of hydrogen-bond donors (Lipinski definition) is 2. The Kier molecular flexibility index (Phi) is 6.12. The highest BCUT2D eigenvalue weighted by Crippen LogP contribution is 2.12. The molecule has 0 bridgehead atoms. The summed E-state index contributed by atoms with van der Waals surface area (Å²) in [7, 11) is 0. The van der Waals surface area contributed by atoms with Crippen LogP contribution in [0.5, 0.6) is 0 Å². The first-order valence-corrected chi connectivity index (χ1v) is 4.69. The van der Waals surface area contributed by atoms with Gasteiger partial charge in [-0.3, -0.25) is 4.72 Å². The highest BCUT2D eigenvalue weighted by molar-refractivity contribution is 7.98. The predicted octanol–water partition coefficient (Wildman–Crippen LogP) is 2.48. The van der Waals surface area contributed by atoms with Crippen LogP contribution in [0.4, 0.5) is 4.79 Å². The summed E-state index contributed by atoms with van der Waals surface area (Å²) in [6.07, 6.45) is 2.44. The number of unbranched alkanes of at least 4 members (excludes halogenated alkanes) is 1. The zero-order valence-electron chi connectivity index (χ0n) is 6.96. The van der Waals surface area contributed by atoms with Crippen molar-refractivity contribution in [2.45, 2.75) is 38.4 Å². The molecule has 0 aliphatic heterocycles. The highest BCUT2D eigenvalue weighted by atomic mass is 32.2. The Bertz CT molecular complexity index is 119. The van der Waals surface area contributed by atoms with Crippen molar-refractivity contribution in [1.82, 2.24) is 4.72 Å². The molecule has 0 aromatic rings. The van der Waals surface area contributed by atoms with Crippen molar-refractivity contribution in [1.29, 1.82) is 0 Å². The Balaban J connectivity index is 3.22. The summed E-state index contributed by atoms with van der Waals surface area (Å²) in [5.41, 5.74) is 0. The zero-order valence-corrected chi connectivity index (χ0v) is 7.78. The van der Waals surface area contributed by atoms with E-state index >= 15 is 0 Å². The van der Waals surface area contributed by atoms with Crippen LogP contribution in [-0.4, -0.2) is 16.4 Å². The molecule has 66 valence electrons. The molecular formula is C7H15NO2S. The molecule has 4 heteroatoms. The molecule has 0 saturated heterocycles. The van der Waals surface area contributed by atoms with E-state index in [9.17, 15) is 4.79 Å². The first-order valence-electron chi connectivity index (χ1n) is 3.81. The normalized spacial score (nSPS) is 12.5. The minimum atomic E-state index is -0.960. The third-order valence-electron chi connectivity index (χ3n) is 1.31. The molecule has 1 amide bonds. The van der Waals surface area contributed by atoms with Gasteiger partial charge in [-0.05, 0) is 18.4 Å². The van der Waals surface area contributed by atoms with E-state index in [4.69, 9.17) is 5.11 Å². The van der Waals surface area contributed by atoms with Crippen LogP contribution in [0.3, 0.4) is 0 Å². The van der Waals surface area contributed by atoms with Gasteiger partial charge >= 0.3 is 6.09 Å². The second-order valence-corrected chi connectivity index (χ2v) is 3.72. The van der Waals surface area contributed by atoms with Gasteiger partial charge in [0, 0.05) is 5.25 Å². The van der Waals surface area contributed by atoms with E-state index in [1.54, 1.807) is 0 Å². The quantitative estimate of drug-likeness (QED) is 0.634. The summed E-state index contributed by atoms with van der Waals surface area (Å²) in [5.74, 6) is 0. The molecule has 0 aliphatic rings. The zero-order chi connectivity index (χ0) is 8.69. The average molecular weight is 177 g/mol. The van der Waals surface area contributed by atoms with E-state index in [1.807, 2.05) is 6.92 Å². The Morgan fingerprint density at radius 3 is 2.82 bits per heavy atom. The molecular weight excluding hydrogens is 162 g/mol. The molecule has 0 aromatic carbocycles. The van der Waals surface area contributed by atoms with E-state index in [-0.39, 0.29) is 0 Å². The van der Waals surface area contributed by atoms with Crippen molar-refractivity contribution in [3.8, 4) is 0 Å². The molecule has 0 aliphatic carbocycles. The van der Waals surface area contributed by atoms with E-state index in [2.05, 4.69) is 11.6 Å². The van der Waals surface area contributed by atoms with Crippen LogP contribution in [0.15, 0.2) is 0 Å². The molecule has 3 nitrogen and oxygen atoms in total. The Labute approximate surface area is 71.7 Å². The largest absolute Gasteiger partial charge is 0.464 e. The van der Waals surface area contributed by atoms with Crippen molar-refractivity contribution >= 4 is 18.0 Å². The molecule has 0 saturated carbocycles. The molecule has 0 spiro atoms. The van der Waals surface area contributed by atoms with Crippen molar-refractivity contribution in [2.75, 3.05) is 0 Å². The smallest absolute Gasteiger partial charge is 0.414 e. The van der Waals surface area contributed by atoms with E-state index in [0.717, 1.165) is 19.3 Å². The third kappa shape index (κ3) is 7.52. The van der Waals surface area contributed by atoms with Gasteiger partial charge in [0.25, 0.3) is 0 Å². The molecule has 0 fully saturated rings. The minimum Gasteiger partial charge on any atom is -0.464 e. The van der Waals surface area contributed by atoms with Crippen molar-refractivity contribution in [2.24, 2.45) is 0 Å². The van der Waals surface area contributed by atoms with Crippen LogP contribution < -0.4 is 4.72 Å². The van der Waals surface area contributed by atoms with Crippen LogP contribution in [0.25, 0.3) is 0 Å². The maximum atomic E-state index is 10.0. The summed E-state index contributed by atoms with van der Waals surface area (Å²) in [5, 5.41) is 8.64. The van der Waals surface area contributed by atoms with Gasteiger partial charge < -0.3 is 5.11 Å². The second kappa shape index (κ2) is 6.34. The number of nitrogens with one attached hydrogen (secondary N) is 1. The van der Waals surface area contributed by atoms with Gasteiger partial charge in [-0.2, -0.15) is 0 Å². The lowest BCUT2D eigenvalue weighted by Crippen LogP contribution is -2.15. The molecule has 2 N–H and O–H groups in total. The molecule has 0 rings (SSSR count). The lowest BCUT2D eigenvalue weighted by molar-refractivity contribution is 0.202. The molecule has 11 heavy (non-hydrogen) atoms. The van der Waals surface area contributed by atoms with Crippen LogP contribution in [-0.2, 0) is 0 Å². The number of carboxylic acid groups (broad SMARTS) is 1. The van der Waals surface area contributed by atoms with Gasteiger partial charge in [-0.15, -0.1) is 0 Å². The van der Waals surface area contributed by atoms with Crippen LogP contribution in [0, 0.1) is 0 Å². The first kappa shape index (κ1) is 10.6. The number of hydrogen-bond acceptors (Lipinski definition) is 2. The molecule has 0 heterocycles. The summed E-state index contributed by atoms with van der Waals surface area (Å²) < 4.78 is 2.29. The molecule has 1 atom stereocenters. The first-order chi connectivity index (χ1) is 5.16. The topological polar surface area (TPSA) is 49.3 Å². The summed E-state index contributed by atoms with van der Waals surface area (Å²) >= 11 is 1.27. The summed E-state index contributed by atoms with van der Waals surface area (Å²) in [6, 6.07) is 0. The fourth-order valence-corrected chi connectivity index (χ4v) is 1.29. The van der Waals surface area contributed by atoms with Crippen LogP contribution in [0.1, 0.15) is 33.1 Å². The number of carbonyl (C=O) groups is 1. The Morgan fingerprint density at radius 2 is 2.36 bits per heavy atom. The number of amides is 1. The van der Waals surface area contributed by atoms with Gasteiger partial charge in [0.2, 0.25) is 0 Å². The third-order valence-corrected chi connectivity index (χ3v) is 2.24. The van der Waals surface area contributed by atoms with E-state index < -0.39 is 6.09 Å². The fraction of sp³-hybridized carbons (Fsp3) is 0.857. The molecule has 0 radical (unpaired) electrons. The maximum Gasteiger partial charge on any atom is 0.414 e. The lowest BCUT2D eigenvalue weighted by Gasteiger charge is -2.08. The summed E-state index contributed by atoms with van der Waals surface area (Å²) in [4.78, 5) is 10.0. The number of rotatable bonds is 5. The molecule has 0 aromatic heterocycles. The minimum absolute atomic E-state index is 0.381. The Morgan fingerprint density at radius 1 is 1.73 bits per heavy atom. The van der Waals surface area contributed by atoms with Crippen molar-refractivity contribution < 1.29 is 9.90 Å². The second-order valence-electron chi connectivity index (χ2n) is 2.48. The van der Waals surface area contributed by atoms with Gasteiger partial charge in [0.1, 0.15) is 0 Å². The van der Waals surface area contributed by atoms with Gasteiger partial charge in [0.05, 0.1) is 0 Å². The van der Waals surface area contributed by atoms with Gasteiger partial charge in [0.15, 0.2) is 0 Å². The monoisotopic (exact) mass is 177 g/mol. The lowest BCUT2D eigenvalue weighted by atomic mass is 10.2. The predicted molar refractivity (Wildman–Crippen MR) is 47.7 cm³/mol. The van der Waals surface area contributed by atoms with Crippen LogP contribution in [0.2, 0.25) is 0 Å². The van der Waals surface area contributed by atoms with E-state index in [1.165, 1.54) is 11.9 Å². The van der Waals surface area contributed by atoms with Crippen molar-refractivity contribution in [3.63, 3.8) is 0 Å². The van der Waals surface area contributed by atoms with Gasteiger partial charge in [-0.25, -0.2) is 4.79 Å². The SMILES string of the molecule is CCCCC(C)SNC(=O)O. The average Bonchev–Trinajstić information content (AvgIpc) is 1.97. The van der Waals surface area contributed by atoms with E-state index in [0.29, 0.717) is 5.25 Å². The molecule has 1 unspecified atom stereocenters. The fourth-order valence-electron chi connectivity index (χ4n) is 0.702. The Hall–Kier alpha value is -0.380. The maximum absolute atomic E-state index is 10.0. The highest BCUT2D eigenvalue weighted by Gasteiger charge is 2.03. The standard InChI is InChI=1S/C7H15NO2S/c1-3-4-5-6(2)11-8-7(9)10/h6,8H,3-5H2,1-2H3,(H,9,10). The van der Waals surface area contributed by atoms with Crippen LogP contribution >= 0.6 is 11.9 Å². The van der Waals surface area contributed by atoms with Crippen molar-refractivity contribution in [3.05, 3.63) is 0 Å². The summed E-state index contributed by atoms with van der Waals surface area (Å²) in [6.45, 7) is 4.15.